The van der Waals surface area contributed by atoms with Gasteiger partial charge in [0.15, 0.2) is 0 Å². The van der Waals surface area contributed by atoms with Gasteiger partial charge in [0.1, 0.15) is 0 Å². The van der Waals surface area contributed by atoms with Crippen LogP contribution in [0.4, 0.5) is 34.1 Å². The monoisotopic (exact) mass is 840 g/mol. The second-order valence-corrected chi connectivity index (χ2v) is 24.3. The fourth-order valence-corrected chi connectivity index (χ4v) is 13.2. The average Bonchev–Trinajstić information content (AvgIpc) is 3.31. The summed E-state index contributed by atoms with van der Waals surface area (Å²) in [5.74, 6) is 0. The highest BCUT2D eigenvalue weighted by Gasteiger charge is 2.26. The zero-order valence-electron chi connectivity index (χ0n) is 36.3. The maximum Gasteiger partial charge on any atom is 0.0543 e. The van der Waals surface area contributed by atoms with E-state index in [4.69, 9.17) is 0 Å². The maximum atomic E-state index is 2.48. The van der Waals surface area contributed by atoms with Crippen molar-refractivity contribution in [3.05, 3.63) is 217 Å². The Bertz CT molecular complexity index is 3180. The van der Waals surface area contributed by atoms with Crippen molar-refractivity contribution in [1.29, 1.82) is 0 Å². The number of benzene rings is 10. The molecule has 0 fully saturated rings. The lowest BCUT2D eigenvalue weighted by Crippen LogP contribution is -2.12. The number of hydrogen-bond acceptors (Lipinski definition) is 2. The minimum atomic E-state index is -1.27. The normalized spacial score (nSPS) is 12.5. The number of nitrogens with zero attached hydrogens (tertiary/aromatic N) is 2. The Kier molecular flexibility index (Phi) is 10.1. The van der Waals surface area contributed by atoms with Crippen molar-refractivity contribution in [1.82, 2.24) is 0 Å². The Balaban J connectivity index is 1.18. The van der Waals surface area contributed by atoms with Gasteiger partial charge >= 0.3 is 0 Å². The summed E-state index contributed by atoms with van der Waals surface area (Å²) >= 11 is 0. The molecule has 0 heterocycles. The zero-order valence-corrected chi connectivity index (χ0v) is 38.0. The van der Waals surface area contributed by atoms with Gasteiger partial charge in [0.05, 0.1) is 11.4 Å². The van der Waals surface area contributed by atoms with Gasteiger partial charge in [-0.1, -0.05) is 103 Å². The Morgan fingerprint density at radius 3 is 1.10 bits per heavy atom. The van der Waals surface area contributed by atoms with Gasteiger partial charge in [-0.05, 0) is 194 Å². The highest BCUT2D eigenvalue weighted by atomic mass is 32.3. The van der Waals surface area contributed by atoms with Gasteiger partial charge in [0.2, 0.25) is 0 Å². The van der Waals surface area contributed by atoms with Gasteiger partial charge in [-0.15, -0.1) is 0 Å². The van der Waals surface area contributed by atoms with Gasteiger partial charge in [0.25, 0.3) is 0 Å². The van der Waals surface area contributed by atoms with Crippen molar-refractivity contribution in [2.45, 2.75) is 33.4 Å². The summed E-state index contributed by atoms with van der Waals surface area (Å²) in [5, 5.41) is 7.68. The molecule has 2 nitrogen and oxygen atoms in total. The topological polar surface area (TPSA) is 6.48 Å². The molecule has 0 N–H and O–H groups in total. The minimum Gasteiger partial charge on any atom is -0.310 e. The van der Waals surface area contributed by atoms with Crippen LogP contribution in [0.2, 0.25) is 0 Å². The first kappa shape index (κ1) is 39.7. The van der Waals surface area contributed by atoms with E-state index < -0.39 is 20.1 Å². The largest absolute Gasteiger partial charge is 0.310 e. The molecule has 4 heteroatoms. The van der Waals surface area contributed by atoms with Gasteiger partial charge in [-0.3, -0.25) is 0 Å². The highest BCUT2D eigenvalue weighted by Crippen LogP contribution is 2.59. The first-order valence-corrected chi connectivity index (χ1v) is 26.2. The zero-order chi connectivity index (χ0) is 42.6. The lowest BCUT2D eigenvalue weighted by Gasteiger charge is -2.34. The fourth-order valence-electron chi connectivity index (χ4n) is 9.35. The molecule has 0 amide bonds. The van der Waals surface area contributed by atoms with E-state index in [-0.39, 0.29) is 0 Å². The summed E-state index contributed by atoms with van der Waals surface area (Å²) in [7, 11) is -2.45. The fraction of sp³-hybridized carbons (Fsp3) is 0.103. The van der Waals surface area contributed by atoms with Gasteiger partial charge in [-0.25, -0.2) is 0 Å². The van der Waals surface area contributed by atoms with E-state index in [0.29, 0.717) is 0 Å². The van der Waals surface area contributed by atoms with Crippen LogP contribution in [-0.2, 0) is 0 Å². The summed E-state index contributed by atoms with van der Waals surface area (Å²) in [4.78, 5) is 10.4. The molecular weight excluding hydrogens is 789 g/mol. The molecule has 0 spiro atoms. The number of aryl methyl sites for hydroxylation is 2. The predicted molar refractivity (Wildman–Crippen MR) is 274 cm³/mol. The Labute approximate surface area is 370 Å². The molecule has 10 rings (SSSR count). The molecule has 0 unspecified atom stereocenters. The molecular formula is C58H52N2S2. The summed E-state index contributed by atoms with van der Waals surface area (Å²) in [6.45, 7) is 4.56. The molecule has 0 saturated carbocycles. The summed E-state index contributed by atoms with van der Waals surface area (Å²) in [6, 6.07) is 76.5. The van der Waals surface area contributed by atoms with E-state index in [9.17, 15) is 0 Å². The third-order valence-corrected chi connectivity index (χ3v) is 18.6. The molecule has 62 heavy (non-hydrogen) atoms. The van der Waals surface area contributed by atoms with Crippen LogP contribution >= 0.6 is 20.1 Å². The van der Waals surface area contributed by atoms with E-state index in [0.717, 1.165) is 22.7 Å². The predicted octanol–water partition coefficient (Wildman–Crippen LogP) is 17.1. The lowest BCUT2D eigenvalue weighted by molar-refractivity contribution is 1.26. The molecule has 0 bridgehead atoms. The van der Waals surface area contributed by atoms with Crippen molar-refractivity contribution in [3.63, 3.8) is 0 Å². The van der Waals surface area contributed by atoms with Crippen molar-refractivity contribution in [2.24, 2.45) is 0 Å². The van der Waals surface area contributed by atoms with E-state index in [2.05, 4.69) is 255 Å². The Morgan fingerprint density at radius 2 is 0.629 bits per heavy atom. The molecule has 0 aliphatic heterocycles. The minimum absolute atomic E-state index is 1.14. The van der Waals surface area contributed by atoms with Gasteiger partial charge < -0.3 is 9.80 Å². The van der Waals surface area contributed by atoms with E-state index in [1.807, 2.05) is 0 Å². The quantitative estimate of drug-likeness (QED) is 0.127. The molecule has 0 atom stereocenters. The number of anilines is 6. The number of hydrogen-bond donors (Lipinski definition) is 0. The summed E-state index contributed by atoms with van der Waals surface area (Å²) in [5.41, 5.74) is 9.46. The van der Waals surface area contributed by atoms with Crippen LogP contribution in [0.25, 0.3) is 32.3 Å². The highest BCUT2D eigenvalue weighted by molar-refractivity contribution is 8.33. The van der Waals surface area contributed by atoms with Crippen LogP contribution in [0.5, 0.6) is 0 Å². The molecule has 0 saturated heterocycles. The smallest absolute Gasteiger partial charge is 0.0543 e. The van der Waals surface area contributed by atoms with Crippen LogP contribution in [0, 0.1) is 13.8 Å². The second kappa shape index (κ2) is 15.8. The molecule has 0 aliphatic carbocycles. The van der Waals surface area contributed by atoms with Crippen LogP contribution in [0.3, 0.4) is 0 Å². The summed E-state index contributed by atoms with van der Waals surface area (Å²) in [6.07, 6.45) is 9.62. The molecule has 0 radical (unpaired) electrons. The Hall–Kier alpha value is -6.46. The Morgan fingerprint density at radius 1 is 0.290 bits per heavy atom. The van der Waals surface area contributed by atoms with Crippen LogP contribution in [0.1, 0.15) is 11.1 Å². The third kappa shape index (κ3) is 6.79. The molecule has 0 aliphatic rings. The third-order valence-electron chi connectivity index (χ3n) is 12.8. The van der Waals surface area contributed by atoms with Crippen molar-refractivity contribution < 1.29 is 0 Å². The first-order valence-electron chi connectivity index (χ1n) is 21.3. The van der Waals surface area contributed by atoms with Crippen LogP contribution in [-0.4, -0.2) is 25.0 Å². The molecule has 0 aromatic heterocycles. The van der Waals surface area contributed by atoms with E-state index >= 15 is 0 Å². The first-order chi connectivity index (χ1) is 30.1. The number of para-hydroxylation sites is 2. The molecule has 10 aromatic carbocycles. The lowest BCUT2D eigenvalue weighted by atomic mass is 9.88. The van der Waals surface area contributed by atoms with Crippen LogP contribution in [0.15, 0.2) is 226 Å². The SMILES string of the molecule is Cc1cc(N(c2ccccc2)c2ccc(S(C)(C)c3ccccc3)cc2)c2ccc3c(N(c4ccccc4)c4cccc(S(C)(C)c5ccccc5)c4)cc(C)c4ccc1c2c43. The maximum absolute atomic E-state index is 2.48. The van der Waals surface area contributed by atoms with Crippen molar-refractivity contribution in [3.8, 4) is 0 Å². The molecule has 10 aromatic rings. The van der Waals surface area contributed by atoms with Gasteiger partial charge in [-0.2, -0.15) is 20.1 Å². The van der Waals surface area contributed by atoms with Crippen molar-refractivity contribution >= 4 is 86.5 Å². The van der Waals surface area contributed by atoms with E-state index in [1.54, 1.807) is 0 Å². The number of rotatable bonds is 10. The second-order valence-electron chi connectivity index (χ2n) is 17.1. The molecule has 306 valence electrons. The average molecular weight is 841 g/mol. The van der Waals surface area contributed by atoms with Gasteiger partial charge in [0, 0.05) is 33.5 Å². The van der Waals surface area contributed by atoms with Crippen molar-refractivity contribution in [2.75, 3.05) is 34.8 Å². The standard InChI is InChI=1S/C58H52N2S2/c1-41-38-55(59(43-20-11-7-12-21-43)45-30-32-49(33-31-45)61(3,4)47-25-15-9-16-26-47)53-36-37-54-56(39-42(2)52-35-34-51(41)57(53)58(52)54)60(44-22-13-8-14-23-44)46-24-19-29-50(40-46)62(5,6)48-27-17-10-18-28-48/h7-40H,1-6H3. The van der Waals surface area contributed by atoms with Crippen LogP contribution < -0.4 is 9.80 Å². The summed E-state index contributed by atoms with van der Waals surface area (Å²) < 4.78 is 0. The van der Waals surface area contributed by atoms with E-state index in [1.165, 1.54) is 74.4 Å².